The molecule has 144 valence electrons. The predicted molar refractivity (Wildman–Crippen MR) is 110 cm³/mol. The van der Waals surface area contributed by atoms with Crippen LogP contribution in [-0.2, 0) is 11.3 Å². The second-order valence-electron chi connectivity index (χ2n) is 6.10. The van der Waals surface area contributed by atoms with E-state index in [4.69, 9.17) is 21.5 Å². The molecule has 2 N–H and O–H groups in total. The fourth-order valence-corrected chi connectivity index (χ4v) is 2.87. The molecule has 1 heterocycles. The molecule has 2 aromatic carbocycles. The summed E-state index contributed by atoms with van der Waals surface area (Å²) in [5.41, 5.74) is 3.94. The second kappa shape index (κ2) is 8.62. The van der Waals surface area contributed by atoms with Crippen LogP contribution in [0, 0.1) is 13.8 Å². The Bertz CT molecular complexity index is 1020. The lowest BCUT2D eigenvalue weighted by Gasteiger charge is -2.13. The number of hydrogen-bond donors (Lipinski definition) is 2. The third-order valence-corrected chi connectivity index (χ3v) is 4.49. The van der Waals surface area contributed by atoms with E-state index in [0.29, 0.717) is 28.1 Å². The van der Waals surface area contributed by atoms with Crippen molar-refractivity contribution in [2.24, 2.45) is 0 Å². The van der Waals surface area contributed by atoms with Crippen LogP contribution in [0.4, 0.5) is 5.69 Å². The summed E-state index contributed by atoms with van der Waals surface area (Å²) in [5, 5.41) is 10.5. The topological polar surface area (TPSA) is 89.3 Å². The third kappa shape index (κ3) is 4.34. The van der Waals surface area contributed by atoms with Crippen LogP contribution in [0.15, 0.2) is 47.0 Å². The molecule has 28 heavy (non-hydrogen) atoms. The number of ether oxygens (including phenoxy) is 1. The van der Waals surface area contributed by atoms with Crippen molar-refractivity contribution in [3.8, 4) is 11.4 Å². The molecule has 7 nitrogen and oxygen atoms in total. The van der Waals surface area contributed by atoms with Crippen molar-refractivity contribution >= 4 is 29.0 Å². The number of thiocarbonyl (C=S) groups is 1. The first kappa shape index (κ1) is 19.5. The van der Waals surface area contributed by atoms with E-state index in [9.17, 15) is 4.79 Å². The number of benzene rings is 2. The van der Waals surface area contributed by atoms with Gasteiger partial charge in [-0.25, -0.2) is 4.79 Å². The predicted octanol–water partition coefficient (Wildman–Crippen LogP) is 3.63. The highest BCUT2D eigenvalue weighted by Gasteiger charge is 2.13. The van der Waals surface area contributed by atoms with Crippen molar-refractivity contribution < 1.29 is 14.1 Å². The number of nitrogens with one attached hydrogen (secondary N) is 2. The first-order valence-corrected chi connectivity index (χ1v) is 9.01. The Labute approximate surface area is 168 Å². The van der Waals surface area contributed by atoms with E-state index >= 15 is 0 Å². The molecular weight excluding hydrogens is 376 g/mol. The molecule has 0 aliphatic rings. The lowest BCUT2D eigenvalue weighted by Crippen LogP contribution is -2.28. The van der Waals surface area contributed by atoms with Gasteiger partial charge in [0, 0.05) is 11.3 Å². The summed E-state index contributed by atoms with van der Waals surface area (Å²) in [6.45, 7) is 4.09. The first-order chi connectivity index (χ1) is 13.5. The van der Waals surface area contributed by atoms with Crippen molar-refractivity contribution in [3.05, 3.63) is 65.0 Å². The van der Waals surface area contributed by atoms with Crippen molar-refractivity contribution in [3.63, 3.8) is 0 Å². The summed E-state index contributed by atoms with van der Waals surface area (Å²) in [6, 6.07) is 13.1. The number of rotatable bonds is 5. The van der Waals surface area contributed by atoms with Crippen LogP contribution in [0.1, 0.15) is 27.4 Å². The average molecular weight is 396 g/mol. The summed E-state index contributed by atoms with van der Waals surface area (Å²) in [6.07, 6.45) is 0. The van der Waals surface area contributed by atoms with Crippen LogP contribution in [-0.4, -0.2) is 28.3 Å². The van der Waals surface area contributed by atoms with Gasteiger partial charge in [-0.3, -0.25) is 0 Å². The molecule has 0 fully saturated rings. The maximum atomic E-state index is 11.8. The van der Waals surface area contributed by atoms with E-state index in [-0.39, 0.29) is 6.54 Å². The van der Waals surface area contributed by atoms with Crippen LogP contribution in [0.5, 0.6) is 0 Å². The minimum absolute atomic E-state index is 0.278. The van der Waals surface area contributed by atoms with Crippen LogP contribution in [0.25, 0.3) is 11.4 Å². The van der Waals surface area contributed by atoms with Gasteiger partial charge in [-0.2, -0.15) is 4.98 Å². The maximum absolute atomic E-state index is 11.8. The molecule has 3 rings (SSSR count). The quantitative estimate of drug-likeness (QED) is 0.499. The highest BCUT2D eigenvalue weighted by molar-refractivity contribution is 7.80. The molecule has 0 bridgehead atoms. The number of aryl methyl sites for hydroxylation is 1. The highest BCUT2D eigenvalue weighted by atomic mass is 32.1. The molecule has 0 saturated heterocycles. The van der Waals surface area contributed by atoms with E-state index in [2.05, 4.69) is 20.8 Å². The van der Waals surface area contributed by atoms with Crippen LogP contribution in [0.3, 0.4) is 0 Å². The second-order valence-corrected chi connectivity index (χ2v) is 6.51. The lowest BCUT2D eigenvalue weighted by molar-refractivity contribution is 0.0600. The van der Waals surface area contributed by atoms with Gasteiger partial charge < -0.3 is 19.9 Å². The Morgan fingerprint density at radius 3 is 2.71 bits per heavy atom. The van der Waals surface area contributed by atoms with Crippen molar-refractivity contribution in [2.45, 2.75) is 20.4 Å². The summed E-state index contributed by atoms with van der Waals surface area (Å²) in [7, 11) is 1.35. The van der Waals surface area contributed by atoms with Crippen LogP contribution < -0.4 is 10.6 Å². The number of carbonyl (C=O) groups is 1. The zero-order valence-corrected chi connectivity index (χ0v) is 16.6. The molecule has 0 spiro atoms. The molecule has 0 atom stereocenters. The van der Waals surface area contributed by atoms with E-state index in [1.807, 2.05) is 44.2 Å². The van der Waals surface area contributed by atoms with Gasteiger partial charge in [0.25, 0.3) is 0 Å². The van der Waals surface area contributed by atoms with Gasteiger partial charge in [0.1, 0.15) is 0 Å². The molecule has 0 unspecified atom stereocenters. The molecule has 8 heteroatoms. The van der Waals surface area contributed by atoms with Gasteiger partial charge in [0.15, 0.2) is 5.11 Å². The zero-order chi connectivity index (χ0) is 20.1. The fraction of sp³-hybridized carbons (Fsp3) is 0.200. The Hall–Kier alpha value is -3.26. The Balaban J connectivity index is 1.63. The Morgan fingerprint density at radius 1 is 1.18 bits per heavy atom. The number of carbonyl (C=O) groups excluding carboxylic acids is 1. The molecule has 3 aromatic rings. The molecule has 0 radical (unpaired) electrons. The number of nitrogens with zero attached hydrogens (tertiary/aromatic N) is 2. The summed E-state index contributed by atoms with van der Waals surface area (Å²) in [5.74, 6) is 0.562. The monoisotopic (exact) mass is 396 g/mol. The molecule has 0 saturated carbocycles. The summed E-state index contributed by atoms with van der Waals surface area (Å²) in [4.78, 5) is 16.2. The number of aromatic nitrogens is 2. The van der Waals surface area contributed by atoms with Crippen molar-refractivity contribution in [1.82, 2.24) is 15.5 Å². The smallest absolute Gasteiger partial charge is 0.338 e. The summed E-state index contributed by atoms with van der Waals surface area (Å²) < 4.78 is 10.1. The maximum Gasteiger partial charge on any atom is 0.338 e. The molecule has 0 amide bonds. The van der Waals surface area contributed by atoms with E-state index < -0.39 is 5.97 Å². The van der Waals surface area contributed by atoms with Gasteiger partial charge in [0.05, 0.1) is 19.2 Å². The molecule has 1 aromatic heterocycles. The van der Waals surface area contributed by atoms with Gasteiger partial charge in [-0.15, -0.1) is 0 Å². The summed E-state index contributed by atoms with van der Waals surface area (Å²) >= 11 is 5.32. The van der Waals surface area contributed by atoms with Gasteiger partial charge in [-0.1, -0.05) is 35.5 Å². The average Bonchev–Trinajstić information content (AvgIpc) is 3.16. The zero-order valence-electron chi connectivity index (χ0n) is 15.8. The lowest BCUT2D eigenvalue weighted by atomic mass is 10.1. The Kier molecular flexibility index (Phi) is 6.00. The number of esters is 1. The standard InChI is InChI=1S/C20H20N4O3S/c1-12-7-4-5-8-14(12)18-23-17(27-24-18)11-21-20(28)22-16-10-6-9-15(13(16)2)19(25)26-3/h4-10H,11H2,1-3H3,(H2,21,22,28). The number of anilines is 1. The number of methoxy groups -OCH3 is 1. The van der Waals surface area contributed by atoms with E-state index in [1.165, 1.54) is 7.11 Å². The van der Waals surface area contributed by atoms with Gasteiger partial charge in [0.2, 0.25) is 11.7 Å². The van der Waals surface area contributed by atoms with Crippen LogP contribution in [0.2, 0.25) is 0 Å². The largest absolute Gasteiger partial charge is 0.465 e. The Morgan fingerprint density at radius 2 is 1.96 bits per heavy atom. The third-order valence-electron chi connectivity index (χ3n) is 4.24. The molecule has 0 aliphatic heterocycles. The first-order valence-electron chi connectivity index (χ1n) is 8.61. The van der Waals surface area contributed by atoms with Crippen LogP contribution >= 0.6 is 12.2 Å². The van der Waals surface area contributed by atoms with Gasteiger partial charge in [-0.05, 0) is 49.3 Å². The minimum atomic E-state index is -0.394. The van der Waals surface area contributed by atoms with Gasteiger partial charge >= 0.3 is 5.97 Å². The molecular formula is C20H20N4O3S. The van der Waals surface area contributed by atoms with Crippen molar-refractivity contribution in [2.75, 3.05) is 12.4 Å². The highest BCUT2D eigenvalue weighted by Crippen LogP contribution is 2.21. The minimum Gasteiger partial charge on any atom is -0.465 e. The van der Waals surface area contributed by atoms with Crippen molar-refractivity contribution in [1.29, 1.82) is 0 Å². The fourth-order valence-electron chi connectivity index (χ4n) is 2.68. The van der Waals surface area contributed by atoms with E-state index in [0.717, 1.165) is 16.7 Å². The normalized spacial score (nSPS) is 10.4. The number of hydrogen-bond acceptors (Lipinski definition) is 6. The van der Waals surface area contributed by atoms with E-state index in [1.54, 1.807) is 12.1 Å². The SMILES string of the molecule is COC(=O)c1cccc(NC(=S)NCc2nc(-c3ccccc3C)no2)c1C. The molecule has 0 aliphatic carbocycles.